The van der Waals surface area contributed by atoms with Gasteiger partial charge in [-0.3, -0.25) is 9.89 Å². The molecule has 20 heavy (non-hydrogen) atoms. The molecule has 0 saturated carbocycles. The Morgan fingerprint density at radius 3 is 2.70 bits per heavy atom. The van der Waals surface area contributed by atoms with Gasteiger partial charge in [-0.1, -0.05) is 37.3 Å². The van der Waals surface area contributed by atoms with E-state index in [9.17, 15) is 9.90 Å². The van der Waals surface area contributed by atoms with Crippen molar-refractivity contribution in [2.24, 2.45) is 0 Å². The fraction of sp³-hybridized carbons (Fsp3) is 0.286. The number of amides is 1. The van der Waals surface area contributed by atoms with Gasteiger partial charge < -0.3 is 16.2 Å². The smallest absolute Gasteiger partial charge is 0.274 e. The second-order valence-corrected chi connectivity index (χ2v) is 4.44. The van der Waals surface area contributed by atoms with E-state index in [1.54, 1.807) is 0 Å². The van der Waals surface area contributed by atoms with Gasteiger partial charge in [-0.2, -0.15) is 5.10 Å². The number of hydrogen-bond donors (Lipinski definition) is 4. The highest BCUT2D eigenvalue weighted by atomic mass is 16.3. The predicted octanol–water partition coefficient (Wildman–Crippen LogP) is 1.02. The van der Waals surface area contributed by atoms with Crippen molar-refractivity contribution in [1.82, 2.24) is 15.5 Å². The first kappa shape index (κ1) is 14.1. The number of rotatable bonds is 5. The molecule has 1 atom stereocenters. The molecule has 1 aromatic heterocycles. The van der Waals surface area contributed by atoms with Gasteiger partial charge in [0.1, 0.15) is 0 Å². The Morgan fingerprint density at radius 1 is 1.45 bits per heavy atom. The van der Waals surface area contributed by atoms with Crippen LogP contribution in [0.15, 0.2) is 30.3 Å². The molecule has 5 N–H and O–H groups in total. The lowest BCUT2D eigenvalue weighted by Gasteiger charge is -2.16. The van der Waals surface area contributed by atoms with Gasteiger partial charge in [-0.05, 0) is 12.0 Å². The Kier molecular flexibility index (Phi) is 4.37. The van der Waals surface area contributed by atoms with Gasteiger partial charge in [0.25, 0.3) is 5.91 Å². The third-order valence-corrected chi connectivity index (χ3v) is 3.14. The second kappa shape index (κ2) is 6.21. The van der Waals surface area contributed by atoms with E-state index < -0.39 is 11.9 Å². The largest absolute Gasteiger partial charge is 0.395 e. The SMILES string of the molecule is CCc1[nH]nc(C(=O)NC(CO)c2ccccc2)c1N. The van der Waals surface area contributed by atoms with Crippen LogP contribution in [0.4, 0.5) is 5.69 Å². The average molecular weight is 274 g/mol. The number of nitrogens with one attached hydrogen (secondary N) is 2. The number of hydrogen-bond acceptors (Lipinski definition) is 4. The summed E-state index contributed by atoms with van der Waals surface area (Å²) >= 11 is 0. The highest BCUT2D eigenvalue weighted by molar-refractivity contribution is 5.97. The molecule has 0 spiro atoms. The molecule has 0 aliphatic heterocycles. The third kappa shape index (κ3) is 2.80. The van der Waals surface area contributed by atoms with Gasteiger partial charge in [-0.25, -0.2) is 0 Å². The van der Waals surface area contributed by atoms with Crippen LogP contribution in [0.25, 0.3) is 0 Å². The van der Waals surface area contributed by atoms with E-state index >= 15 is 0 Å². The Morgan fingerprint density at radius 2 is 2.15 bits per heavy atom. The first-order valence-corrected chi connectivity index (χ1v) is 6.46. The number of aliphatic hydroxyl groups is 1. The van der Waals surface area contributed by atoms with E-state index in [1.165, 1.54) is 0 Å². The average Bonchev–Trinajstić information content (AvgIpc) is 2.86. The molecule has 1 heterocycles. The van der Waals surface area contributed by atoms with E-state index in [2.05, 4.69) is 15.5 Å². The summed E-state index contributed by atoms with van der Waals surface area (Å²) in [7, 11) is 0. The highest BCUT2D eigenvalue weighted by Gasteiger charge is 2.20. The molecule has 1 aromatic carbocycles. The van der Waals surface area contributed by atoms with Crippen molar-refractivity contribution in [3.05, 3.63) is 47.3 Å². The Balaban J connectivity index is 2.15. The molecule has 0 aliphatic rings. The van der Waals surface area contributed by atoms with Crippen molar-refractivity contribution in [2.45, 2.75) is 19.4 Å². The molecule has 6 heteroatoms. The molecule has 1 unspecified atom stereocenters. The number of aryl methyl sites for hydroxylation is 1. The van der Waals surface area contributed by atoms with E-state index in [1.807, 2.05) is 37.3 Å². The molecular formula is C14H18N4O2. The van der Waals surface area contributed by atoms with E-state index in [0.717, 1.165) is 11.3 Å². The van der Waals surface area contributed by atoms with Gasteiger partial charge in [0.05, 0.1) is 24.0 Å². The number of carbonyl (C=O) groups excluding carboxylic acids is 1. The number of carbonyl (C=O) groups is 1. The normalized spacial score (nSPS) is 12.1. The van der Waals surface area contributed by atoms with Gasteiger partial charge in [0.2, 0.25) is 0 Å². The van der Waals surface area contributed by atoms with E-state index in [-0.39, 0.29) is 12.3 Å². The van der Waals surface area contributed by atoms with Crippen molar-refractivity contribution in [3.8, 4) is 0 Å². The minimum atomic E-state index is -0.482. The summed E-state index contributed by atoms with van der Waals surface area (Å²) in [5, 5.41) is 18.8. The summed E-state index contributed by atoms with van der Waals surface area (Å²) in [5.74, 6) is -0.402. The predicted molar refractivity (Wildman–Crippen MR) is 76.1 cm³/mol. The quantitative estimate of drug-likeness (QED) is 0.653. The summed E-state index contributed by atoms with van der Waals surface area (Å²) in [6, 6.07) is 8.77. The lowest BCUT2D eigenvalue weighted by Crippen LogP contribution is -2.31. The van der Waals surface area contributed by atoms with Crippen LogP contribution < -0.4 is 11.1 Å². The number of nitrogens with zero attached hydrogens (tertiary/aromatic N) is 1. The maximum atomic E-state index is 12.2. The molecule has 6 nitrogen and oxygen atoms in total. The van der Waals surface area contributed by atoms with Crippen molar-refractivity contribution in [2.75, 3.05) is 12.3 Å². The number of anilines is 1. The van der Waals surface area contributed by atoms with Gasteiger partial charge in [-0.15, -0.1) is 0 Å². The van der Waals surface area contributed by atoms with Crippen molar-refractivity contribution >= 4 is 11.6 Å². The van der Waals surface area contributed by atoms with Gasteiger partial charge in [0, 0.05) is 0 Å². The zero-order valence-electron chi connectivity index (χ0n) is 11.3. The zero-order valence-corrected chi connectivity index (χ0v) is 11.3. The summed E-state index contributed by atoms with van der Waals surface area (Å²) in [6.45, 7) is 1.73. The van der Waals surface area contributed by atoms with E-state index in [0.29, 0.717) is 12.1 Å². The number of benzene rings is 1. The van der Waals surface area contributed by atoms with Crippen molar-refractivity contribution < 1.29 is 9.90 Å². The molecular weight excluding hydrogens is 256 g/mol. The topological polar surface area (TPSA) is 104 Å². The molecule has 2 rings (SSSR count). The van der Waals surface area contributed by atoms with Crippen LogP contribution in [0, 0.1) is 0 Å². The van der Waals surface area contributed by atoms with Gasteiger partial charge >= 0.3 is 0 Å². The lowest BCUT2D eigenvalue weighted by molar-refractivity contribution is 0.0912. The zero-order chi connectivity index (χ0) is 14.5. The molecule has 1 amide bonds. The Hall–Kier alpha value is -2.34. The molecule has 0 radical (unpaired) electrons. The fourth-order valence-corrected chi connectivity index (χ4v) is 1.98. The highest BCUT2D eigenvalue weighted by Crippen LogP contribution is 2.17. The maximum Gasteiger partial charge on any atom is 0.274 e. The minimum absolute atomic E-state index is 0.163. The standard InChI is InChI=1S/C14H18N4O2/c1-2-10-12(15)13(18-17-10)14(20)16-11(8-19)9-6-4-3-5-7-9/h3-7,11,19H,2,8,15H2,1H3,(H,16,20)(H,17,18). The monoisotopic (exact) mass is 274 g/mol. The second-order valence-electron chi connectivity index (χ2n) is 4.44. The van der Waals surface area contributed by atoms with Crippen molar-refractivity contribution in [1.29, 1.82) is 0 Å². The molecule has 2 aromatic rings. The van der Waals surface area contributed by atoms with E-state index in [4.69, 9.17) is 5.73 Å². The first-order chi connectivity index (χ1) is 9.67. The van der Waals surface area contributed by atoms with Crippen LogP contribution in [-0.2, 0) is 6.42 Å². The molecule has 0 aliphatic carbocycles. The van der Waals surface area contributed by atoms with Crippen LogP contribution in [0.1, 0.15) is 34.7 Å². The maximum absolute atomic E-state index is 12.2. The van der Waals surface area contributed by atoms with Crippen molar-refractivity contribution in [3.63, 3.8) is 0 Å². The van der Waals surface area contributed by atoms with Crippen LogP contribution in [-0.4, -0.2) is 27.8 Å². The molecule has 0 bridgehead atoms. The lowest BCUT2D eigenvalue weighted by atomic mass is 10.1. The first-order valence-electron chi connectivity index (χ1n) is 6.46. The van der Waals surface area contributed by atoms with Crippen LogP contribution in [0.5, 0.6) is 0 Å². The summed E-state index contributed by atoms with van der Waals surface area (Å²) < 4.78 is 0. The number of aliphatic hydroxyl groups excluding tert-OH is 1. The van der Waals surface area contributed by atoms with Gasteiger partial charge in [0.15, 0.2) is 5.69 Å². The number of nitrogens with two attached hydrogens (primary N) is 1. The van der Waals surface area contributed by atoms with Crippen LogP contribution in [0.2, 0.25) is 0 Å². The summed E-state index contributed by atoms with van der Waals surface area (Å²) in [5.41, 5.74) is 7.93. The number of H-pyrrole nitrogens is 1. The number of nitrogen functional groups attached to an aromatic ring is 1. The molecule has 0 fully saturated rings. The fourth-order valence-electron chi connectivity index (χ4n) is 1.98. The number of aromatic amines is 1. The molecule has 0 saturated heterocycles. The molecule has 106 valence electrons. The third-order valence-electron chi connectivity index (χ3n) is 3.14. The summed E-state index contributed by atoms with van der Waals surface area (Å²) in [4.78, 5) is 12.2. The van der Waals surface area contributed by atoms with Crippen LogP contribution in [0.3, 0.4) is 0 Å². The Bertz CT molecular complexity index is 580. The van der Waals surface area contributed by atoms with Crippen LogP contribution >= 0.6 is 0 Å². The minimum Gasteiger partial charge on any atom is -0.395 e. The number of aromatic nitrogens is 2. The summed E-state index contributed by atoms with van der Waals surface area (Å²) in [6.07, 6.45) is 0.675. The Labute approximate surface area is 117 Å².